The van der Waals surface area contributed by atoms with Gasteiger partial charge in [-0.1, -0.05) is 26.0 Å². The van der Waals surface area contributed by atoms with E-state index in [1.54, 1.807) is 0 Å². The zero-order valence-electron chi connectivity index (χ0n) is 18.0. The standard InChI is InChI=1S/C25H32N2O3/c1-24-12-11-22(30)27(14-15-3-5-16(26)6-4-15)20(24)9-7-17-18-8-10-21(29)25(18,2)13-19(28)23(17)24/h3-6,17-18,20,23H,7-14,26H2,1-2H3/t17?,18?,20?,23?,24?,25-/m0/s1. The molecule has 0 spiro atoms. The molecule has 1 saturated heterocycles. The molecular weight excluding hydrogens is 376 g/mol. The number of nitrogens with two attached hydrogens (primary N) is 1. The smallest absolute Gasteiger partial charge is 0.223 e. The van der Waals surface area contributed by atoms with Gasteiger partial charge in [-0.25, -0.2) is 0 Å². The molecule has 30 heavy (non-hydrogen) atoms. The van der Waals surface area contributed by atoms with E-state index in [-0.39, 0.29) is 40.8 Å². The van der Waals surface area contributed by atoms with Crippen molar-refractivity contribution in [2.45, 2.75) is 71.4 Å². The summed E-state index contributed by atoms with van der Waals surface area (Å²) in [5.41, 5.74) is 6.97. The first kappa shape index (κ1) is 19.8. The number of carbonyl (C=O) groups is 3. The highest BCUT2D eigenvalue weighted by atomic mass is 16.2. The maximum atomic E-state index is 13.5. The third kappa shape index (κ3) is 2.70. The number of likely N-dealkylation sites (tertiary alicyclic amines) is 1. The number of nitrogen functional groups attached to an aromatic ring is 1. The summed E-state index contributed by atoms with van der Waals surface area (Å²) in [5.74, 6) is 1.33. The number of rotatable bonds is 2. The lowest BCUT2D eigenvalue weighted by Gasteiger charge is -2.60. The van der Waals surface area contributed by atoms with E-state index < -0.39 is 5.41 Å². The molecule has 1 aromatic rings. The fraction of sp³-hybridized carbons (Fsp3) is 0.640. The van der Waals surface area contributed by atoms with Crippen LogP contribution in [0.15, 0.2) is 24.3 Å². The van der Waals surface area contributed by atoms with Gasteiger partial charge in [0.15, 0.2) is 0 Å². The highest BCUT2D eigenvalue weighted by Gasteiger charge is 2.64. The third-order valence-corrected chi connectivity index (χ3v) is 9.12. The Morgan fingerprint density at radius 2 is 1.77 bits per heavy atom. The molecule has 1 aromatic carbocycles. The number of piperidine rings is 1. The number of carbonyl (C=O) groups excluding carboxylic acids is 3. The van der Waals surface area contributed by atoms with Crippen molar-refractivity contribution < 1.29 is 14.4 Å². The van der Waals surface area contributed by atoms with Crippen LogP contribution in [0.4, 0.5) is 5.69 Å². The van der Waals surface area contributed by atoms with Crippen molar-refractivity contribution in [1.82, 2.24) is 4.90 Å². The van der Waals surface area contributed by atoms with Crippen LogP contribution >= 0.6 is 0 Å². The summed E-state index contributed by atoms with van der Waals surface area (Å²) in [6, 6.07) is 7.82. The van der Waals surface area contributed by atoms with Crippen LogP contribution in [0.2, 0.25) is 0 Å². The fourth-order valence-electron chi connectivity index (χ4n) is 7.61. The molecule has 3 aliphatic carbocycles. The predicted octanol–water partition coefficient (Wildman–Crippen LogP) is 3.75. The Morgan fingerprint density at radius 3 is 2.50 bits per heavy atom. The Hall–Kier alpha value is -2.17. The average molecular weight is 409 g/mol. The number of hydrogen-bond donors (Lipinski definition) is 1. The number of fused-ring (bicyclic) bond motifs is 5. The summed E-state index contributed by atoms with van der Waals surface area (Å²) in [5, 5.41) is 0. The normalized spacial score (nSPS) is 40.7. The zero-order valence-corrected chi connectivity index (χ0v) is 18.0. The van der Waals surface area contributed by atoms with E-state index in [0.717, 1.165) is 36.9 Å². The van der Waals surface area contributed by atoms with Gasteiger partial charge >= 0.3 is 0 Å². The van der Waals surface area contributed by atoms with Crippen LogP contribution in [0.25, 0.3) is 0 Å². The Labute approximate surface area is 178 Å². The number of benzene rings is 1. The molecule has 5 rings (SSSR count). The number of hydrogen-bond acceptors (Lipinski definition) is 4. The first-order valence-corrected chi connectivity index (χ1v) is 11.4. The van der Waals surface area contributed by atoms with Gasteiger partial charge in [-0.05, 0) is 60.6 Å². The van der Waals surface area contributed by atoms with E-state index in [0.29, 0.717) is 31.7 Å². The van der Waals surface area contributed by atoms with E-state index >= 15 is 0 Å². The Morgan fingerprint density at radius 1 is 1.03 bits per heavy atom. The second-order valence-corrected chi connectivity index (χ2v) is 10.6. The van der Waals surface area contributed by atoms with Crippen LogP contribution < -0.4 is 5.73 Å². The van der Waals surface area contributed by atoms with Crippen LogP contribution in [-0.4, -0.2) is 28.4 Å². The van der Waals surface area contributed by atoms with Crippen molar-refractivity contribution in [3.05, 3.63) is 29.8 Å². The molecule has 5 nitrogen and oxygen atoms in total. The Balaban J connectivity index is 1.47. The summed E-state index contributed by atoms with van der Waals surface area (Å²) in [6.45, 7) is 4.85. The van der Waals surface area contributed by atoms with Crippen LogP contribution in [-0.2, 0) is 20.9 Å². The molecule has 5 unspecified atom stereocenters. The molecule has 4 fully saturated rings. The van der Waals surface area contributed by atoms with Gasteiger partial charge in [0.25, 0.3) is 0 Å². The molecule has 6 atom stereocenters. The topological polar surface area (TPSA) is 80.5 Å². The molecule has 2 N–H and O–H groups in total. The van der Waals surface area contributed by atoms with Crippen LogP contribution in [0.3, 0.4) is 0 Å². The first-order valence-electron chi connectivity index (χ1n) is 11.4. The molecule has 1 amide bonds. The maximum absolute atomic E-state index is 13.5. The quantitative estimate of drug-likeness (QED) is 0.756. The molecule has 1 heterocycles. The number of ketones is 2. The lowest BCUT2D eigenvalue weighted by Crippen LogP contribution is -2.64. The van der Waals surface area contributed by atoms with E-state index in [2.05, 4.69) is 6.92 Å². The highest BCUT2D eigenvalue weighted by Crippen LogP contribution is 2.62. The van der Waals surface area contributed by atoms with Gasteiger partial charge in [0.1, 0.15) is 11.6 Å². The van der Waals surface area contributed by atoms with Crippen molar-refractivity contribution >= 4 is 23.2 Å². The maximum Gasteiger partial charge on any atom is 0.223 e. The molecule has 0 bridgehead atoms. The van der Waals surface area contributed by atoms with E-state index in [9.17, 15) is 14.4 Å². The summed E-state index contributed by atoms with van der Waals surface area (Å²) in [4.78, 5) is 41.1. The van der Waals surface area contributed by atoms with Gasteiger partial charge in [-0.2, -0.15) is 0 Å². The number of nitrogens with zero attached hydrogens (tertiary/aromatic N) is 1. The molecule has 0 aromatic heterocycles. The minimum Gasteiger partial charge on any atom is -0.399 e. The van der Waals surface area contributed by atoms with Crippen molar-refractivity contribution in [3.8, 4) is 0 Å². The summed E-state index contributed by atoms with van der Waals surface area (Å²) in [7, 11) is 0. The summed E-state index contributed by atoms with van der Waals surface area (Å²) >= 11 is 0. The molecule has 5 heteroatoms. The van der Waals surface area contributed by atoms with Crippen molar-refractivity contribution in [2.24, 2.45) is 28.6 Å². The average Bonchev–Trinajstić information content (AvgIpc) is 3.00. The van der Waals surface area contributed by atoms with Gasteiger partial charge in [-0.15, -0.1) is 0 Å². The summed E-state index contributed by atoms with van der Waals surface area (Å²) < 4.78 is 0. The fourth-order valence-corrected chi connectivity index (χ4v) is 7.61. The summed E-state index contributed by atoms with van der Waals surface area (Å²) in [6.07, 6.45) is 5.09. The van der Waals surface area contributed by atoms with Gasteiger partial charge in [0, 0.05) is 48.9 Å². The van der Waals surface area contributed by atoms with Gasteiger partial charge in [0.05, 0.1) is 0 Å². The SMILES string of the molecule is CC12CCC(=O)N(Cc3ccc(N)cc3)C1CCC1C2C(=O)C[C@]2(C)C(=O)CCC12. The Kier molecular flexibility index (Phi) is 4.39. The van der Waals surface area contributed by atoms with Crippen molar-refractivity contribution in [2.75, 3.05) is 5.73 Å². The van der Waals surface area contributed by atoms with Crippen LogP contribution in [0.1, 0.15) is 64.4 Å². The number of anilines is 1. The van der Waals surface area contributed by atoms with Crippen LogP contribution in [0.5, 0.6) is 0 Å². The van der Waals surface area contributed by atoms with E-state index in [1.807, 2.05) is 36.1 Å². The lowest BCUT2D eigenvalue weighted by molar-refractivity contribution is -0.171. The number of amides is 1. The first-order chi connectivity index (χ1) is 14.2. The number of Topliss-reactive ketones (excluding diaryl/α,β-unsaturated/α-hetero) is 2. The van der Waals surface area contributed by atoms with Gasteiger partial charge < -0.3 is 10.6 Å². The molecule has 1 aliphatic heterocycles. The monoisotopic (exact) mass is 408 g/mol. The zero-order chi connectivity index (χ0) is 21.3. The molecule has 3 saturated carbocycles. The van der Waals surface area contributed by atoms with Gasteiger partial charge in [-0.3, -0.25) is 14.4 Å². The predicted molar refractivity (Wildman–Crippen MR) is 114 cm³/mol. The largest absolute Gasteiger partial charge is 0.399 e. The molecule has 0 radical (unpaired) electrons. The van der Waals surface area contributed by atoms with E-state index in [1.165, 1.54) is 0 Å². The second kappa shape index (κ2) is 6.66. The molecular formula is C25H32N2O3. The third-order valence-electron chi connectivity index (χ3n) is 9.12. The van der Waals surface area contributed by atoms with Gasteiger partial charge in [0.2, 0.25) is 5.91 Å². The lowest BCUT2D eigenvalue weighted by atomic mass is 9.47. The Bertz CT molecular complexity index is 909. The molecule has 4 aliphatic rings. The minimum absolute atomic E-state index is 0.0257. The van der Waals surface area contributed by atoms with Crippen molar-refractivity contribution in [3.63, 3.8) is 0 Å². The minimum atomic E-state index is -0.449. The van der Waals surface area contributed by atoms with E-state index in [4.69, 9.17) is 5.73 Å². The molecule has 160 valence electrons. The highest BCUT2D eigenvalue weighted by molar-refractivity contribution is 5.95. The van der Waals surface area contributed by atoms with Crippen LogP contribution in [0, 0.1) is 28.6 Å². The second-order valence-electron chi connectivity index (χ2n) is 10.6. The van der Waals surface area contributed by atoms with Crippen molar-refractivity contribution in [1.29, 1.82) is 0 Å².